The zero-order valence-corrected chi connectivity index (χ0v) is 17.9. The van der Waals surface area contributed by atoms with E-state index in [4.69, 9.17) is 5.73 Å². The average Bonchev–Trinajstić information content (AvgIpc) is 3.54. The number of amides is 1. The number of benzene rings is 2. The fourth-order valence-corrected chi connectivity index (χ4v) is 3.82. The first-order chi connectivity index (χ1) is 16.1. The minimum atomic E-state index is -0.447. The zero-order valence-electron chi connectivity index (χ0n) is 17.9. The lowest BCUT2D eigenvalue weighted by molar-refractivity contribution is -0.116. The molecule has 2 aromatic carbocycles. The number of carbonyl (C=O) groups excluding carboxylic acids is 1. The molecule has 0 spiro atoms. The Labute approximate surface area is 189 Å². The van der Waals surface area contributed by atoms with Gasteiger partial charge in [-0.1, -0.05) is 43.3 Å². The van der Waals surface area contributed by atoms with Crippen molar-refractivity contribution in [2.45, 2.75) is 13.3 Å². The lowest BCUT2D eigenvalue weighted by Gasteiger charge is -2.24. The topological polar surface area (TPSA) is 131 Å². The molecule has 0 bridgehead atoms. The number of primary amides is 1. The van der Waals surface area contributed by atoms with Gasteiger partial charge in [0.2, 0.25) is 5.91 Å². The second-order valence-corrected chi connectivity index (χ2v) is 7.46. The van der Waals surface area contributed by atoms with Gasteiger partial charge in [-0.05, 0) is 40.1 Å². The van der Waals surface area contributed by atoms with Gasteiger partial charge in [0.05, 0.1) is 6.20 Å². The quantitative estimate of drug-likeness (QED) is 0.399. The summed E-state index contributed by atoms with van der Waals surface area (Å²) in [6.45, 7) is 2.04. The van der Waals surface area contributed by atoms with Crippen molar-refractivity contribution in [3.8, 4) is 22.5 Å². The molecule has 0 aliphatic carbocycles. The summed E-state index contributed by atoms with van der Waals surface area (Å²) in [5.41, 5.74) is 10.9. The molecule has 0 aliphatic heterocycles. The SMILES string of the molecule is CCc1cc(N(CC(N)=O)c2ccc(-c3ccccc3-c3nnn[nH]3)cc2)n2nccc2n1. The number of nitrogens with zero attached hydrogens (tertiary/aromatic N) is 7. The van der Waals surface area contributed by atoms with Crippen LogP contribution in [0.3, 0.4) is 0 Å². The van der Waals surface area contributed by atoms with Crippen LogP contribution in [0.2, 0.25) is 0 Å². The molecule has 5 aromatic rings. The second kappa shape index (κ2) is 8.50. The van der Waals surface area contributed by atoms with Crippen LogP contribution >= 0.6 is 0 Å². The number of hydrogen-bond donors (Lipinski definition) is 2. The number of nitrogens with two attached hydrogens (primary N) is 1. The van der Waals surface area contributed by atoms with Gasteiger partial charge in [-0.2, -0.15) is 9.61 Å². The first kappa shape index (κ1) is 20.3. The molecular formula is C23H21N9O. The fourth-order valence-electron chi connectivity index (χ4n) is 3.82. The van der Waals surface area contributed by atoms with Crippen molar-refractivity contribution in [2.24, 2.45) is 5.73 Å². The van der Waals surface area contributed by atoms with E-state index in [1.165, 1.54) is 0 Å². The molecule has 1 amide bonds. The molecule has 5 rings (SSSR count). The van der Waals surface area contributed by atoms with Crippen LogP contribution in [0, 0.1) is 0 Å². The third-order valence-electron chi connectivity index (χ3n) is 5.36. The van der Waals surface area contributed by atoms with Gasteiger partial charge in [-0.15, -0.1) is 5.10 Å². The van der Waals surface area contributed by atoms with E-state index in [1.54, 1.807) is 10.7 Å². The third kappa shape index (κ3) is 3.89. The summed E-state index contributed by atoms with van der Waals surface area (Å²) in [4.78, 5) is 18.4. The van der Waals surface area contributed by atoms with E-state index in [-0.39, 0.29) is 6.54 Å². The molecule has 0 aliphatic rings. The summed E-state index contributed by atoms with van der Waals surface area (Å²) in [5.74, 6) is 0.869. The standard InChI is InChI=1S/C23H21N9O/c1-2-16-13-22(32-21(26-16)11-12-25-32)31(14-20(24)33)17-9-7-15(8-10-17)18-5-3-4-6-19(18)23-27-29-30-28-23/h3-13H,2,14H2,1H3,(H2,24,33)(H,27,28,29,30). The molecule has 0 saturated carbocycles. The number of rotatable bonds is 7. The Hall–Kier alpha value is -4.60. The van der Waals surface area contributed by atoms with Crippen LogP contribution in [0.25, 0.3) is 28.2 Å². The van der Waals surface area contributed by atoms with Crippen LogP contribution in [-0.4, -0.2) is 47.7 Å². The molecule has 0 radical (unpaired) electrons. The molecule has 3 heterocycles. The number of aromatic amines is 1. The van der Waals surface area contributed by atoms with Gasteiger partial charge in [-0.3, -0.25) is 4.79 Å². The summed E-state index contributed by atoms with van der Waals surface area (Å²) in [6, 6.07) is 19.5. The van der Waals surface area contributed by atoms with Gasteiger partial charge in [0.1, 0.15) is 12.4 Å². The first-order valence-corrected chi connectivity index (χ1v) is 10.5. The summed E-state index contributed by atoms with van der Waals surface area (Å²) in [7, 11) is 0. The summed E-state index contributed by atoms with van der Waals surface area (Å²) < 4.78 is 1.71. The van der Waals surface area contributed by atoms with Gasteiger partial charge in [-0.25, -0.2) is 10.1 Å². The Balaban J connectivity index is 1.58. The van der Waals surface area contributed by atoms with Crippen molar-refractivity contribution in [3.63, 3.8) is 0 Å². The highest BCUT2D eigenvalue weighted by Gasteiger charge is 2.18. The van der Waals surface area contributed by atoms with E-state index >= 15 is 0 Å². The summed E-state index contributed by atoms with van der Waals surface area (Å²) in [6.07, 6.45) is 2.44. The molecule has 10 heteroatoms. The van der Waals surface area contributed by atoms with Crippen molar-refractivity contribution in [2.75, 3.05) is 11.4 Å². The van der Waals surface area contributed by atoms with E-state index in [0.717, 1.165) is 40.3 Å². The second-order valence-electron chi connectivity index (χ2n) is 7.46. The lowest BCUT2D eigenvalue weighted by Crippen LogP contribution is -2.31. The van der Waals surface area contributed by atoms with Crippen LogP contribution in [-0.2, 0) is 11.2 Å². The van der Waals surface area contributed by atoms with Gasteiger partial charge >= 0.3 is 0 Å². The van der Waals surface area contributed by atoms with Crippen molar-refractivity contribution < 1.29 is 4.79 Å². The predicted octanol–water partition coefficient (Wildman–Crippen LogP) is 2.76. The van der Waals surface area contributed by atoms with E-state index in [1.807, 2.05) is 72.5 Å². The van der Waals surface area contributed by atoms with Crippen molar-refractivity contribution in [1.82, 2.24) is 35.2 Å². The monoisotopic (exact) mass is 439 g/mol. The number of H-pyrrole nitrogens is 1. The zero-order chi connectivity index (χ0) is 22.8. The number of aryl methyl sites for hydroxylation is 1. The predicted molar refractivity (Wildman–Crippen MR) is 124 cm³/mol. The Kier molecular flexibility index (Phi) is 5.23. The molecular weight excluding hydrogens is 418 g/mol. The van der Waals surface area contributed by atoms with Crippen LogP contribution in [0.4, 0.5) is 11.5 Å². The molecule has 3 aromatic heterocycles. The maximum Gasteiger partial charge on any atom is 0.237 e. The highest BCUT2D eigenvalue weighted by atomic mass is 16.1. The van der Waals surface area contributed by atoms with Crippen LogP contribution in [0.1, 0.15) is 12.6 Å². The normalized spacial score (nSPS) is 11.1. The maximum atomic E-state index is 12.0. The van der Waals surface area contributed by atoms with Crippen molar-refractivity contribution in [1.29, 1.82) is 0 Å². The smallest absolute Gasteiger partial charge is 0.237 e. The number of tetrazole rings is 1. The van der Waals surface area contributed by atoms with Gasteiger partial charge in [0.25, 0.3) is 0 Å². The molecule has 0 unspecified atom stereocenters. The average molecular weight is 439 g/mol. The number of anilines is 2. The van der Waals surface area contributed by atoms with E-state index in [0.29, 0.717) is 11.5 Å². The Morgan fingerprint density at radius 2 is 1.88 bits per heavy atom. The van der Waals surface area contributed by atoms with Crippen molar-refractivity contribution >= 4 is 23.1 Å². The lowest BCUT2D eigenvalue weighted by atomic mass is 9.99. The minimum absolute atomic E-state index is 0.00178. The Morgan fingerprint density at radius 3 is 2.58 bits per heavy atom. The van der Waals surface area contributed by atoms with E-state index in [2.05, 4.69) is 30.7 Å². The molecule has 10 nitrogen and oxygen atoms in total. The molecule has 0 fully saturated rings. The molecule has 0 atom stereocenters. The van der Waals surface area contributed by atoms with E-state index < -0.39 is 5.91 Å². The fraction of sp³-hybridized carbons (Fsp3) is 0.130. The molecule has 3 N–H and O–H groups in total. The van der Waals surface area contributed by atoms with Gasteiger partial charge < -0.3 is 10.6 Å². The Morgan fingerprint density at radius 1 is 1.09 bits per heavy atom. The molecule has 0 saturated heterocycles. The van der Waals surface area contributed by atoms with Crippen LogP contribution < -0.4 is 10.6 Å². The summed E-state index contributed by atoms with van der Waals surface area (Å²) in [5, 5.41) is 18.6. The number of aromatic nitrogens is 7. The highest BCUT2D eigenvalue weighted by Crippen LogP contribution is 2.32. The Bertz CT molecular complexity index is 1410. The number of hydrogen-bond acceptors (Lipinski definition) is 7. The van der Waals surface area contributed by atoms with Gasteiger partial charge in [0.15, 0.2) is 11.5 Å². The third-order valence-corrected chi connectivity index (χ3v) is 5.36. The minimum Gasteiger partial charge on any atom is -0.368 e. The largest absolute Gasteiger partial charge is 0.368 e. The number of carbonyl (C=O) groups is 1. The number of fused-ring (bicyclic) bond motifs is 1. The number of nitrogens with one attached hydrogen (secondary N) is 1. The van der Waals surface area contributed by atoms with Crippen LogP contribution in [0.5, 0.6) is 0 Å². The summed E-state index contributed by atoms with van der Waals surface area (Å²) >= 11 is 0. The highest BCUT2D eigenvalue weighted by molar-refractivity contribution is 5.84. The molecule has 164 valence electrons. The van der Waals surface area contributed by atoms with Crippen LogP contribution in [0.15, 0.2) is 66.9 Å². The van der Waals surface area contributed by atoms with E-state index in [9.17, 15) is 4.79 Å². The molecule has 33 heavy (non-hydrogen) atoms. The first-order valence-electron chi connectivity index (χ1n) is 10.5. The van der Waals surface area contributed by atoms with Gasteiger partial charge in [0, 0.05) is 29.1 Å². The maximum absolute atomic E-state index is 12.0. The van der Waals surface area contributed by atoms with Crippen molar-refractivity contribution in [3.05, 3.63) is 72.6 Å².